The van der Waals surface area contributed by atoms with Crippen LogP contribution < -0.4 is 5.32 Å². The number of benzene rings is 1. The van der Waals surface area contributed by atoms with Gasteiger partial charge in [0.1, 0.15) is 0 Å². The quantitative estimate of drug-likeness (QED) is 0.883. The molecule has 3 heteroatoms. The highest BCUT2D eigenvalue weighted by molar-refractivity contribution is 7.98. The van der Waals surface area contributed by atoms with Crippen LogP contribution in [0, 0.1) is 5.92 Å². The molecular weight excluding hydrogens is 242 g/mol. The first-order valence-electron chi connectivity index (χ1n) is 6.63. The van der Waals surface area contributed by atoms with E-state index in [9.17, 15) is 0 Å². The fourth-order valence-electron chi connectivity index (χ4n) is 2.39. The van der Waals surface area contributed by atoms with E-state index in [2.05, 4.69) is 43.4 Å². The maximum absolute atomic E-state index is 5.33. The molecule has 1 aromatic carbocycles. The summed E-state index contributed by atoms with van der Waals surface area (Å²) in [6.45, 7) is 5.28. The Balaban J connectivity index is 2.10. The van der Waals surface area contributed by atoms with Crippen LogP contribution in [0.1, 0.15) is 31.0 Å². The summed E-state index contributed by atoms with van der Waals surface area (Å²) in [4.78, 5) is 0. The molecule has 2 rings (SSSR count). The number of thioether (sulfide) groups is 1. The van der Waals surface area contributed by atoms with Gasteiger partial charge in [-0.3, -0.25) is 0 Å². The molecule has 100 valence electrons. The van der Waals surface area contributed by atoms with E-state index >= 15 is 0 Å². The molecule has 2 unspecified atom stereocenters. The molecule has 18 heavy (non-hydrogen) atoms. The van der Waals surface area contributed by atoms with E-state index in [1.54, 1.807) is 7.11 Å². The summed E-state index contributed by atoms with van der Waals surface area (Å²) < 4.78 is 5.33. The third-order valence-electron chi connectivity index (χ3n) is 3.54. The summed E-state index contributed by atoms with van der Waals surface area (Å²) in [6.07, 6.45) is 0. The summed E-state index contributed by atoms with van der Waals surface area (Å²) in [6, 6.07) is 9.67. The highest BCUT2D eigenvalue weighted by Crippen LogP contribution is 2.32. The molecule has 1 heterocycles. The summed E-state index contributed by atoms with van der Waals surface area (Å²) in [5, 5.41) is 3.77. The molecular formula is C15H23NOS. The number of nitrogens with one attached hydrogen (secondary N) is 1. The van der Waals surface area contributed by atoms with Crippen LogP contribution in [-0.4, -0.2) is 25.5 Å². The highest BCUT2D eigenvalue weighted by Gasteiger charge is 2.24. The van der Waals surface area contributed by atoms with Gasteiger partial charge in [-0.2, -0.15) is 11.8 Å². The lowest BCUT2D eigenvalue weighted by molar-refractivity contribution is 0.142. The second kappa shape index (κ2) is 6.60. The molecule has 0 radical (unpaired) electrons. The van der Waals surface area contributed by atoms with Crippen LogP contribution in [0.15, 0.2) is 24.3 Å². The number of ether oxygens (including phenoxy) is 1. The normalized spacial score (nSPS) is 20.8. The SMILES string of the molecule is COCC(NC1CSCc2ccccc21)C(C)C. The molecule has 1 aliphatic rings. The largest absolute Gasteiger partial charge is 0.383 e. The number of fused-ring (bicyclic) bond motifs is 1. The molecule has 1 aromatic rings. The van der Waals surface area contributed by atoms with Crippen LogP contribution in [0.3, 0.4) is 0 Å². The van der Waals surface area contributed by atoms with Crippen molar-refractivity contribution < 1.29 is 4.74 Å². The molecule has 0 saturated heterocycles. The number of methoxy groups -OCH3 is 1. The Kier molecular flexibility index (Phi) is 5.10. The van der Waals surface area contributed by atoms with Crippen molar-refractivity contribution in [3.63, 3.8) is 0 Å². The second-order valence-electron chi connectivity index (χ2n) is 5.24. The summed E-state index contributed by atoms with van der Waals surface area (Å²) in [5.74, 6) is 2.89. The molecule has 0 spiro atoms. The summed E-state index contributed by atoms with van der Waals surface area (Å²) in [5.41, 5.74) is 2.95. The third kappa shape index (κ3) is 3.28. The standard InChI is InChI=1S/C15H23NOS/c1-11(2)14(8-17-3)16-15-10-18-9-12-6-4-5-7-13(12)15/h4-7,11,14-16H,8-10H2,1-3H3. The smallest absolute Gasteiger partial charge is 0.0618 e. The van der Waals surface area contributed by atoms with Crippen molar-refractivity contribution in [2.45, 2.75) is 31.7 Å². The molecule has 2 nitrogen and oxygen atoms in total. The predicted molar refractivity (Wildman–Crippen MR) is 79.0 cm³/mol. The Labute approximate surface area is 114 Å². The maximum Gasteiger partial charge on any atom is 0.0618 e. The zero-order valence-corrected chi connectivity index (χ0v) is 12.3. The maximum atomic E-state index is 5.33. The zero-order chi connectivity index (χ0) is 13.0. The molecule has 0 aliphatic carbocycles. The molecule has 0 aromatic heterocycles. The van der Waals surface area contributed by atoms with Crippen molar-refractivity contribution >= 4 is 11.8 Å². The number of hydrogen-bond acceptors (Lipinski definition) is 3. The van der Waals surface area contributed by atoms with Crippen LogP contribution in [-0.2, 0) is 10.5 Å². The van der Waals surface area contributed by atoms with E-state index in [4.69, 9.17) is 4.74 Å². The lowest BCUT2D eigenvalue weighted by Gasteiger charge is -2.31. The van der Waals surface area contributed by atoms with Gasteiger partial charge in [-0.25, -0.2) is 0 Å². The van der Waals surface area contributed by atoms with Crippen LogP contribution >= 0.6 is 11.8 Å². The van der Waals surface area contributed by atoms with Gasteiger partial charge in [0.05, 0.1) is 6.61 Å². The predicted octanol–water partition coefficient (Wildman–Crippen LogP) is 3.24. The van der Waals surface area contributed by atoms with Gasteiger partial charge in [0, 0.05) is 30.7 Å². The van der Waals surface area contributed by atoms with Gasteiger partial charge in [-0.15, -0.1) is 0 Å². The minimum absolute atomic E-state index is 0.423. The molecule has 2 atom stereocenters. The van der Waals surface area contributed by atoms with Crippen molar-refractivity contribution in [2.24, 2.45) is 5.92 Å². The Morgan fingerprint density at radius 3 is 2.89 bits per heavy atom. The molecule has 0 amide bonds. The van der Waals surface area contributed by atoms with Crippen molar-refractivity contribution in [1.29, 1.82) is 0 Å². The first kappa shape index (κ1) is 13.9. The van der Waals surface area contributed by atoms with Crippen molar-refractivity contribution in [2.75, 3.05) is 19.5 Å². The topological polar surface area (TPSA) is 21.3 Å². The van der Waals surface area contributed by atoms with Crippen molar-refractivity contribution in [1.82, 2.24) is 5.32 Å². The fraction of sp³-hybridized carbons (Fsp3) is 0.600. The molecule has 1 aliphatic heterocycles. The first-order valence-corrected chi connectivity index (χ1v) is 7.78. The van der Waals surface area contributed by atoms with Gasteiger partial charge < -0.3 is 10.1 Å². The lowest BCUT2D eigenvalue weighted by Crippen LogP contribution is -2.41. The first-order chi connectivity index (χ1) is 8.72. The number of hydrogen-bond donors (Lipinski definition) is 1. The van der Waals surface area contributed by atoms with E-state index in [1.807, 2.05) is 11.8 Å². The van der Waals surface area contributed by atoms with Gasteiger partial charge in [0.2, 0.25) is 0 Å². The van der Waals surface area contributed by atoms with Crippen LogP contribution in [0.5, 0.6) is 0 Å². The molecule has 1 N–H and O–H groups in total. The summed E-state index contributed by atoms with van der Waals surface area (Å²) in [7, 11) is 1.78. The Bertz CT molecular complexity index is 381. The van der Waals surface area contributed by atoms with Gasteiger partial charge >= 0.3 is 0 Å². The highest BCUT2D eigenvalue weighted by atomic mass is 32.2. The minimum Gasteiger partial charge on any atom is -0.383 e. The monoisotopic (exact) mass is 265 g/mol. The summed E-state index contributed by atoms with van der Waals surface area (Å²) >= 11 is 2.01. The molecule has 0 saturated carbocycles. The van der Waals surface area contributed by atoms with Crippen LogP contribution in [0.25, 0.3) is 0 Å². The Morgan fingerprint density at radius 1 is 1.39 bits per heavy atom. The van der Waals surface area contributed by atoms with Gasteiger partial charge in [-0.05, 0) is 17.0 Å². The fourth-order valence-corrected chi connectivity index (χ4v) is 3.50. The van der Waals surface area contributed by atoms with Gasteiger partial charge in [0.15, 0.2) is 0 Å². The third-order valence-corrected chi connectivity index (χ3v) is 4.62. The van der Waals surface area contributed by atoms with Crippen molar-refractivity contribution in [3.8, 4) is 0 Å². The van der Waals surface area contributed by atoms with E-state index < -0.39 is 0 Å². The van der Waals surface area contributed by atoms with E-state index in [0.29, 0.717) is 18.0 Å². The van der Waals surface area contributed by atoms with Gasteiger partial charge in [-0.1, -0.05) is 38.1 Å². The Hall–Kier alpha value is -0.510. The average Bonchev–Trinajstić information content (AvgIpc) is 2.38. The lowest BCUT2D eigenvalue weighted by atomic mass is 9.98. The zero-order valence-electron chi connectivity index (χ0n) is 11.5. The second-order valence-corrected chi connectivity index (χ2v) is 6.27. The Morgan fingerprint density at radius 2 is 2.17 bits per heavy atom. The van der Waals surface area contributed by atoms with Gasteiger partial charge in [0.25, 0.3) is 0 Å². The van der Waals surface area contributed by atoms with E-state index in [-0.39, 0.29) is 0 Å². The minimum atomic E-state index is 0.423. The average molecular weight is 265 g/mol. The van der Waals surface area contributed by atoms with Crippen LogP contribution in [0.4, 0.5) is 0 Å². The number of rotatable bonds is 5. The van der Waals surface area contributed by atoms with Crippen molar-refractivity contribution in [3.05, 3.63) is 35.4 Å². The van der Waals surface area contributed by atoms with E-state index in [1.165, 1.54) is 11.1 Å². The van der Waals surface area contributed by atoms with Crippen LogP contribution in [0.2, 0.25) is 0 Å². The molecule has 0 bridgehead atoms. The van der Waals surface area contributed by atoms with E-state index in [0.717, 1.165) is 18.1 Å². The molecule has 0 fully saturated rings.